The van der Waals surface area contributed by atoms with Gasteiger partial charge in [-0.05, 0) is 24.2 Å². The van der Waals surface area contributed by atoms with E-state index < -0.39 is 0 Å². The van der Waals surface area contributed by atoms with Crippen molar-refractivity contribution in [1.29, 1.82) is 0 Å². The van der Waals surface area contributed by atoms with Gasteiger partial charge in [0.1, 0.15) is 5.78 Å². The third kappa shape index (κ3) is 5.21. The second kappa shape index (κ2) is 7.36. The Bertz CT molecular complexity index is 280. The summed E-state index contributed by atoms with van der Waals surface area (Å²) in [6, 6.07) is 0. The van der Waals surface area contributed by atoms with E-state index in [0.717, 1.165) is 12.8 Å². The van der Waals surface area contributed by atoms with Gasteiger partial charge in [0.25, 0.3) is 0 Å². The van der Waals surface area contributed by atoms with Gasteiger partial charge in [-0.2, -0.15) is 0 Å². The fraction of sp³-hybridized carbons (Fsp3) is 0.933. The van der Waals surface area contributed by atoms with Crippen molar-refractivity contribution in [3.05, 3.63) is 0 Å². The molecule has 2 unspecified atom stereocenters. The molecule has 0 aromatic rings. The monoisotopic (exact) mass is 271 g/mol. The number of aliphatic hydroxyl groups is 2. The molecule has 2 N–H and O–H groups in total. The van der Waals surface area contributed by atoms with Crippen LogP contribution in [0.4, 0.5) is 0 Å². The molecular formula is C15H29NO3. The maximum absolute atomic E-state index is 12.1. The maximum atomic E-state index is 12.1. The van der Waals surface area contributed by atoms with E-state index >= 15 is 0 Å². The van der Waals surface area contributed by atoms with Crippen LogP contribution in [0.5, 0.6) is 0 Å². The summed E-state index contributed by atoms with van der Waals surface area (Å²) in [5.41, 5.74) is 0.248. The minimum atomic E-state index is 0.0658. The molecular weight excluding hydrogens is 242 g/mol. The summed E-state index contributed by atoms with van der Waals surface area (Å²) >= 11 is 0. The van der Waals surface area contributed by atoms with E-state index in [0.29, 0.717) is 37.8 Å². The van der Waals surface area contributed by atoms with Crippen molar-refractivity contribution in [3.8, 4) is 0 Å². The highest BCUT2D eigenvalue weighted by atomic mass is 16.3. The highest BCUT2D eigenvalue weighted by molar-refractivity contribution is 5.82. The molecule has 2 atom stereocenters. The molecule has 1 fully saturated rings. The van der Waals surface area contributed by atoms with Gasteiger partial charge in [0.15, 0.2) is 0 Å². The van der Waals surface area contributed by atoms with Gasteiger partial charge in [-0.15, -0.1) is 0 Å². The van der Waals surface area contributed by atoms with Crippen molar-refractivity contribution >= 4 is 5.78 Å². The van der Waals surface area contributed by atoms with E-state index in [-0.39, 0.29) is 24.5 Å². The van der Waals surface area contributed by atoms with Gasteiger partial charge in [-0.25, -0.2) is 0 Å². The normalized spacial score (nSPS) is 25.1. The van der Waals surface area contributed by atoms with Gasteiger partial charge in [0, 0.05) is 32.0 Å². The first-order valence-electron chi connectivity index (χ1n) is 7.35. The lowest BCUT2D eigenvalue weighted by Crippen LogP contribution is -2.41. The molecule has 4 heteroatoms. The summed E-state index contributed by atoms with van der Waals surface area (Å²) < 4.78 is 0. The molecule has 0 bridgehead atoms. The third-order valence-electron chi connectivity index (χ3n) is 4.30. The first-order valence-corrected chi connectivity index (χ1v) is 7.35. The van der Waals surface area contributed by atoms with Crippen molar-refractivity contribution < 1.29 is 15.0 Å². The Morgan fingerprint density at radius 1 is 1.21 bits per heavy atom. The minimum absolute atomic E-state index is 0.0658. The van der Waals surface area contributed by atoms with Crippen LogP contribution in [0.2, 0.25) is 0 Å². The summed E-state index contributed by atoms with van der Waals surface area (Å²) in [4.78, 5) is 14.1. The van der Waals surface area contributed by atoms with Crippen LogP contribution in [0.15, 0.2) is 0 Å². The van der Waals surface area contributed by atoms with Crippen LogP contribution in [0.25, 0.3) is 0 Å². The Morgan fingerprint density at radius 3 is 2.26 bits per heavy atom. The van der Waals surface area contributed by atoms with E-state index in [4.69, 9.17) is 10.2 Å². The standard InChI is InChI=1S/C15H29NO3/c1-15(2,3)13-4-5-14(19)12(10-13)11-16(6-8-17)7-9-18/h12-13,17-18H,4-11H2,1-3H3. The summed E-state index contributed by atoms with van der Waals surface area (Å²) in [6.07, 6.45) is 2.62. The summed E-state index contributed by atoms with van der Waals surface area (Å²) in [5, 5.41) is 18.1. The van der Waals surface area contributed by atoms with Crippen molar-refractivity contribution in [2.75, 3.05) is 32.8 Å². The van der Waals surface area contributed by atoms with Crippen molar-refractivity contribution in [2.45, 2.75) is 40.0 Å². The number of rotatable bonds is 6. The number of carbonyl (C=O) groups excluding carboxylic acids is 1. The summed E-state index contributed by atoms with van der Waals surface area (Å²) in [7, 11) is 0. The average molecular weight is 271 g/mol. The Kier molecular flexibility index (Phi) is 6.43. The predicted molar refractivity (Wildman–Crippen MR) is 75.9 cm³/mol. The Balaban J connectivity index is 2.60. The van der Waals surface area contributed by atoms with Crippen LogP contribution in [-0.2, 0) is 4.79 Å². The van der Waals surface area contributed by atoms with Crippen LogP contribution in [-0.4, -0.2) is 53.7 Å². The second-order valence-electron chi connectivity index (χ2n) is 6.75. The topological polar surface area (TPSA) is 60.8 Å². The number of hydrogen-bond acceptors (Lipinski definition) is 4. The maximum Gasteiger partial charge on any atom is 0.137 e. The zero-order chi connectivity index (χ0) is 14.5. The molecule has 1 saturated carbocycles. The molecule has 112 valence electrons. The lowest BCUT2D eigenvalue weighted by Gasteiger charge is -2.38. The van der Waals surface area contributed by atoms with Crippen LogP contribution in [0.1, 0.15) is 40.0 Å². The number of nitrogens with zero attached hydrogens (tertiary/aromatic N) is 1. The quantitative estimate of drug-likeness (QED) is 0.764. The Labute approximate surface area is 116 Å². The van der Waals surface area contributed by atoms with Gasteiger partial charge in [0.05, 0.1) is 13.2 Å². The van der Waals surface area contributed by atoms with Crippen LogP contribution >= 0.6 is 0 Å². The van der Waals surface area contributed by atoms with Crippen molar-refractivity contribution in [2.24, 2.45) is 17.3 Å². The highest BCUT2D eigenvalue weighted by Crippen LogP contribution is 2.39. The molecule has 0 spiro atoms. The van der Waals surface area contributed by atoms with Gasteiger partial charge in [-0.1, -0.05) is 20.8 Å². The van der Waals surface area contributed by atoms with E-state index in [1.165, 1.54) is 0 Å². The molecule has 19 heavy (non-hydrogen) atoms. The molecule has 0 radical (unpaired) electrons. The van der Waals surface area contributed by atoms with E-state index in [1.54, 1.807) is 0 Å². The first kappa shape index (κ1) is 16.6. The first-order chi connectivity index (χ1) is 8.88. The van der Waals surface area contributed by atoms with Crippen molar-refractivity contribution in [3.63, 3.8) is 0 Å². The smallest absolute Gasteiger partial charge is 0.137 e. The second-order valence-corrected chi connectivity index (χ2v) is 6.75. The predicted octanol–water partition coefficient (Wildman–Crippen LogP) is 1.30. The van der Waals surface area contributed by atoms with Gasteiger partial charge < -0.3 is 10.2 Å². The van der Waals surface area contributed by atoms with E-state index in [9.17, 15) is 4.79 Å². The van der Waals surface area contributed by atoms with Crippen LogP contribution in [0.3, 0.4) is 0 Å². The zero-order valence-corrected chi connectivity index (χ0v) is 12.6. The molecule has 1 aliphatic carbocycles. The highest BCUT2D eigenvalue weighted by Gasteiger charge is 2.35. The van der Waals surface area contributed by atoms with Crippen LogP contribution < -0.4 is 0 Å². The molecule has 0 aromatic carbocycles. The lowest BCUT2D eigenvalue weighted by molar-refractivity contribution is -0.127. The van der Waals surface area contributed by atoms with E-state index in [2.05, 4.69) is 20.8 Å². The minimum Gasteiger partial charge on any atom is -0.395 e. The molecule has 0 heterocycles. The van der Waals surface area contributed by atoms with Gasteiger partial charge in [-0.3, -0.25) is 9.69 Å². The molecule has 4 nitrogen and oxygen atoms in total. The number of hydrogen-bond donors (Lipinski definition) is 2. The third-order valence-corrected chi connectivity index (χ3v) is 4.30. The Hall–Kier alpha value is -0.450. The summed E-state index contributed by atoms with van der Waals surface area (Å²) in [5.74, 6) is 0.998. The van der Waals surface area contributed by atoms with Gasteiger partial charge in [0.2, 0.25) is 0 Å². The SMILES string of the molecule is CC(C)(C)C1CCC(=O)C(CN(CCO)CCO)C1. The van der Waals surface area contributed by atoms with Crippen LogP contribution in [0, 0.1) is 17.3 Å². The number of ketones is 1. The summed E-state index contributed by atoms with van der Waals surface area (Å²) in [6.45, 7) is 8.60. The number of Topliss-reactive ketones (excluding diaryl/α,β-unsaturated/α-hetero) is 1. The molecule has 0 saturated heterocycles. The molecule has 0 amide bonds. The average Bonchev–Trinajstić information content (AvgIpc) is 2.31. The zero-order valence-electron chi connectivity index (χ0n) is 12.6. The fourth-order valence-corrected chi connectivity index (χ4v) is 2.97. The molecule has 0 aliphatic heterocycles. The fourth-order valence-electron chi connectivity index (χ4n) is 2.97. The number of carbonyl (C=O) groups is 1. The van der Waals surface area contributed by atoms with Crippen molar-refractivity contribution in [1.82, 2.24) is 4.90 Å². The molecule has 1 aliphatic rings. The van der Waals surface area contributed by atoms with Gasteiger partial charge >= 0.3 is 0 Å². The van der Waals surface area contributed by atoms with E-state index in [1.807, 2.05) is 4.90 Å². The molecule has 0 aromatic heterocycles. The molecule has 1 rings (SSSR count). The lowest BCUT2D eigenvalue weighted by atomic mass is 9.68. The Morgan fingerprint density at radius 2 is 1.79 bits per heavy atom. The largest absolute Gasteiger partial charge is 0.395 e. The number of aliphatic hydroxyl groups excluding tert-OH is 2.